The molecule has 0 amide bonds. The maximum atomic E-state index is 9.88. The van der Waals surface area contributed by atoms with Crippen LogP contribution in [-0.2, 0) is 7.05 Å². The molecule has 3 aromatic rings. The first-order valence-electron chi connectivity index (χ1n) is 8.78. The summed E-state index contributed by atoms with van der Waals surface area (Å²) in [4.78, 5) is 0. The number of aromatic nitrogens is 1. The minimum atomic E-state index is 0.0851. The smallest absolute Gasteiger partial charge is 0.205 e. The van der Waals surface area contributed by atoms with Crippen LogP contribution in [0.2, 0.25) is 5.02 Å². The van der Waals surface area contributed by atoms with E-state index in [2.05, 4.69) is 6.08 Å². The van der Waals surface area contributed by atoms with Crippen LogP contribution in [0.5, 0.6) is 17.2 Å². The summed E-state index contributed by atoms with van der Waals surface area (Å²) in [5.74, 6) is 1.86. The summed E-state index contributed by atoms with van der Waals surface area (Å²) >= 11 is 6.23. The van der Waals surface area contributed by atoms with E-state index >= 15 is 0 Å². The molecule has 1 aliphatic rings. The number of allylic oxidation sites excluding steroid dienone is 2. The average molecular weight is 393 g/mol. The second-order valence-corrected chi connectivity index (χ2v) is 6.91. The summed E-state index contributed by atoms with van der Waals surface area (Å²) in [6.45, 7) is 0. The van der Waals surface area contributed by atoms with Gasteiger partial charge < -0.3 is 14.6 Å². The highest BCUT2D eigenvalue weighted by molar-refractivity contribution is 6.30. The molecule has 1 aromatic heterocycles. The predicted molar refractivity (Wildman–Crippen MR) is 110 cm³/mol. The molecule has 2 heterocycles. The minimum absolute atomic E-state index is 0.0851. The molecule has 2 aromatic carbocycles. The number of pyridine rings is 1. The second kappa shape index (κ2) is 7.41. The van der Waals surface area contributed by atoms with Crippen LogP contribution in [0.15, 0.2) is 66.9 Å². The van der Waals surface area contributed by atoms with Gasteiger partial charge >= 0.3 is 0 Å². The van der Waals surface area contributed by atoms with Crippen molar-refractivity contribution >= 4 is 29.0 Å². The SMILES string of the molecule is COc1cc(C2=C/C(=C\c3cccc[n+]3C)c3cc(Cl)ccc3O2)ccc1O. The first-order chi connectivity index (χ1) is 13.5. The van der Waals surface area contributed by atoms with Crippen LogP contribution >= 0.6 is 11.6 Å². The lowest BCUT2D eigenvalue weighted by molar-refractivity contribution is -0.673. The maximum absolute atomic E-state index is 9.88. The van der Waals surface area contributed by atoms with Gasteiger partial charge in [0.1, 0.15) is 18.6 Å². The standard InChI is InChI=1S/C23H18ClNO3/c1-25-10-4-3-5-18(25)11-16-13-22(15-6-8-20(26)23(12-15)27-2)28-21-9-7-17(24)14-19(16)21/h3-14H,1-2H3/p+1. The van der Waals surface area contributed by atoms with Crippen LogP contribution in [0.4, 0.5) is 0 Å². The fourth-order valence-electron chi connectivity index (χ4n) is 3.12. The van der Waals surface area contributed by atoms with Gasteiger partial charge in [-0.05, 0) is 54.1 Å². The van der Waals surface area contributed by atoms with Crippen molar-refractivity contribution in [2.45, 2.75) is 0 Å². The number of aromatic hydroxyl groups is 1. The van der Waals surface area contributed by atoms with Gasteiger partial charge in [-0.25, -0.2) is 4.57 Å². The number of methoxy groups -OCH3 is 1. The number of phenols is 1. The number of nitrogens with zero attached hydrogens (tertiary/aromatic N) is 1. The third kappa shape index (κ3) is 3.47. The minimum Gasteiger partial charge on any atom is -0.504 e. The van der Waals surface area contributed by atoms with Gasteiger partial charge in [0, 0.05) is 34.4 Å². The summed E-state index contributed by atoms with van der Waals surface area (Å²) < 4.78 is 13.4. The average Bonchev–Trinajstić information content (AvgIpc) is 2.70. The number of hydrogen-bond donors (Lipinski definition) is 1. The monoisotopic (exact) mass is 392 g/mol. The highest BCUT2D eigenvalue weighted by Crippen LogP contribution is 2.40. The number of hydrogen-bond acceptors (Lipinski definition) is 3. The third-order valence-electron chi connectivity index (χ3n) is 4.62. The first kappa shape index (κ1) is 18.1. The zero-order valence-electron chi connectivity index (χ0n) is 15.5. The molecule has 0 radical (unpaired) electrons. The van der Waals surface area contributed by atoms with E-state index in [0.717, 1.165) is 28.1 Å². The molecular formula is C23H19ClNO3+. The topological polar surface area (TPSA) is 42.6 Å². The number of phenolic OH excluding ortho intramolecular Hbond substituents is 1. The van der Waals surface area contributed by atoms with E-state index in [-0.39, 0.29) is 5.75 Å². The normalized spacial score (nSPS) is 14.2. The van der Waals surface area contributed by atoms with Crippen molar-refractivity contribution in [1.29, 1.82) is 0 Å². The number of rotatable bonds is 3. The highest BCUT2D eigenvalue weighted by atomic mass is 35.5. The van der Waals surface area contributed by atoms with Gasteiger partial charge in [0.25, 0.3) is 0 Å². The highest BCUT2D eigenvalue weighted by Gasteiger charge is 2.20. The van der Waals surface area contributed by atoms with Crippen molar-refractivity contribution in [2.24, 2.45) is 7.05 Å². The Morgan fingerprint density at radius 2 is 1.96 bits per heavy atom. The molecule has 0 saturated heterocycles. The molecule has 1 aliphatic heterocycles. The van der Waals surface area contributed by atoms with E-state index in [0.29, 0.717) is 16.5 Å². The van der Waals surface area contributed by atoms with Gasteiger partial charge in [0.05, 0.1) is 7.11 Å². The Morgan fingerprint density at radius 3 is 2.75 bits per heavy atom. The molecule has 140 valence electrons. The largest absolute Gasteiger partial charge is 0.504 e. The Labute approximate surface area is 168 Å². The van der Waals surface area contributed by atoms with E-state index in [1.165, 1.54) is 7.11 Å². The van der Waals surface area contributed by atoms with Gasteiger partial charge in [-0.15, -0.1) is 0 Å². The third-order valence-corrected chi connectivity index (χ3v) is 4.86. The molecule has 4 rings (SSSR count). The van der Waals surface area contributed by atoms with Crippen LogP contribution in [0.1, 0.15) is 16.8 Å². The van der Waals surface area contributed by atoms with Crippen molar-refractivity contribution < 1.29 is 19.1 Å². The zero-order chi connectivity index (χ0) is 19.7. The first-order valence-corrected chi connectivity index (χ1v) is 9.16. The molecule has 28 heavy (non-hydrogen) atoms. The molecule has 0 saturated carbocycles. The van der Waals surface area contributed by atoms with E-state index in [4.69, 9.17) is 21.1 Å². The molecule has 4 nitrogen and oxygen atoms in total. The maximum Gasteiger partial charge on any atom is 0.205 e. The van der Waals surface area contributed by atoms with Gasteiger partial charge in [0.2, 0.25) is 5.69 Å². The summed E-state index contributed by atoms with van der Waals surface area (Å²) in [7, 11) is 3.52. The van der Waals surface area contributed by atoms with Crippen molar-refractivity contribution in [1.82, 2.24) is 0 Å². The zero-order valence-corrected chi connectivity index (χ0v) is 16.3. The fraction of sp³-hybridized carbons (Fsp3) is 0.0870. The molecule has 0 unspecified atom stereocenters. The van der Waals surface area contributed by atoms with Gasteiger partial charge in [-0.3, -0.25) is 0 Å². The number of ether oxygens (including phenoxy) is 2. The second-order valence-electron chi connectivity index (χ2n) is 6.47. The quantitative estimate of drug-likeness (QED) is 0.648. The summed E-state index contributed by atoms with van der Waals surface area (Å²) in [5, 5.41) is 10.5. The fourth-order valence-corrected chi connectivity index (χ4v) is 3.29. The number of benzene rings is 2. The van der Waals surface area contributed by atoms with Crippen molar-refractivity contribution in [3.63, 3.8) is 0 Å². The number of halogens is 1. The lowest BCUT2D eigenvalue weighted by Crippen LogP contribution is -2.30. The Hall–Kier alpha value is -3.24. The van der Waals surface area contributed by atoms with Crippen molar-refractivity contribution in [3.05, 3.63) is 88.7 Å². The van der Waals surface area contributed by atoms with E-state index in [1.807, 2.05) is 54.2 Å². The number of aryl methyl sites for hydroxylation is 1. The molecule has 5 heteroatoms. The molecule has 1 N–H and O–H groups in total. The summed E-state index contributed by atoms with van der Waals surface area (Å²) in [6.07, 6.45) is 6.06. The predicted octanol–water partition coefficient (Wildman–Crippen LogP) is 4.85. The molecule has 0 spiro atoms. The Bertz CT molecular complexity index is 1120. The Kier molecular flexibility index (Phi) is 4.80. The molecule has 0 aliphatic carbocycles. The Morgan fingerprint density at radius 1 is 1.11 bits per heavy atom. The van der Waals surface area contributed by atoms with Crippen LogP contribution < -0.4 is 14.0 Å². The van der Waals surface area contributed by atoms with Crippen molar-refractivity contribution in [3.8, 4) is 17.2 Å². The lowest BCUT2D eigenvalue weighted by atomic mass is 9.98. The van der Waals surface area contributed by atoms with Gasteiger partial charge in [0.15, 0.2) is 17.7 Å². The summed E-state index contributed by atoms with van der Waals surface area (Å²) in [6, 6.07) is 16.7. The van der Waals surface area contributed by atoms with Gasteiger partial charge in [-0.1, -0.05) is 11.6 Å². The summed E-state index contributed by atoms with van der Waals surface area (Å²) in [5.41, 5.74) is 3.75. The molecule has 0 fully saturated rings. The molecular weight excluding hydrogens is 374 g/mol. The number of fused-ring (bicyclic) bond motifs is 1. The van der Waals surface area contributed by atoms with Crippen LogP contribution in [0.25, 0.3) is 17.4 Å². The van der Waals surface area contributed by atoms with Crippen LogP contribution in [-0.4, -0.2) is 12.2 Å². The van der Waals surface area contributed by atoms with E-state index in [1.54, 1.807) is 24.3 Å². The molecule has 0 atom stereocenters. The molecule has 0 bridgehead atoms. The van der Waals surface area contributed by atoms with Crippen LogP contribution in [0.3, 0.4) is 0 Å². The Balaban J connectivity index is 1.87. The van der Waals surface area contributed by atoms with E-state index in [9.17, 15) is 5.11 Å². The lowest BCUT2D eigenvalue weighted by Gasteiger charge is -2.21. The van der Waals surface area contributed by atoms with Crippen LogP contribution in [0, 0.1) is 0 Å². The van der Waals surface area contributed by atoms with Gasteiger partial charge in [-0.2, -0.15) is 0 Å². The van der Waals surface area contributed by atoms with Crippen molar-refractivity contribution in [2.75, 3.05) is 7.11 Å². The van der Waals surface area contributed by atoms with E-state index < -0.39 is 0 Å².